The van der Waals surface area contributed by atoms with Gasteiger partial charge in [0.2, 0.25) is 0 Å². The first kappa shape index (κ1) is 17.0. The van der Waals surface area contributed by atoms with Crippen molar-refractivity contribution in [2.24, 2.45) is 0 Å². The van der Waals surface area contributed by atoms with E-state index in [0.29, 0.717) is 25.0 Å². The Morgan fingerprint density at radius 1 is 1.04 bits per heavy atom. The normalized spacial score (nSPS) is 15.0. The second-order valence-corrected chi connectivity index (χ2v) is 6.46. The molecule has 1 aliphatic rings. The van der Waals surface area contributed by atoms with Gasteiger partial charge in [0.1, 0.15) is 12.4 Å². The zero-order chi connectivity index (χ0) is 17.7. The Bertz CT molecular complexity index is 736. The fourth-order valence-electron chi connectivity index (χ4n) is 2.99. The van der Waals surface area contributed by atoms with Crippen molar-refractivity contribution in [2.75, 3.05) is 0 Å². The van der Waals surface area contributed by atoms with Gasteiger partial charge in [-0.2, -0.15) is 0 Å². The maximum atomic E-state index is 12.4. The van der Waals surface area contributed by atoms with Gasteiger partial charge in [-0.1, -0.05) is 30.3 Å². The number of carboxylic acids is 1. The van der Waals surface area contributed by atoms with E-state index >= 15 is 0 Å². The van der Waals surface area contributed by atoms with Crippen LogP contribution in [-0.2, 0) is 11.4 Å². The van der Waals surface area contributed by atoms with E-state index in [4.69, 9.17) is 9.84 Å². The third-order valence-electron chi connectivity index (χ3n) is 4.54. The monoisotopic (exact) mass is 339 g/mol. The van der Waals surface area contributed by atoms with Crippen LogP contribution in [0.4, 0.5) is 0 Å². The number of rotatable bonds is 7. The molecule has 0 aliphatic heterocycles. The fourth-order valence-corrected chi connectivity index (χ4v) is 2.99. The summed E-state index contributed by atoms with van der Waals surface area (Å²) in [5.74, 6) is -0.310. The molecule has 3 rings (SSSR count). The van der Waals surface area contributed by atoms with Gasteiger partial charge in [0, 0.05) is 5.56 Å². The molecule has 0 heterocycles. The van der Waals surface area contributed by atoms with E-state index in [9.17, 15) is 9.59 Å². The van der Waals surface area contributed by atoms with Crippen LogP contribution >= 0.6 is 0 Å². The van der Waals surface area contributed by atoms with Gasteiger partial charge in [-0.15, -0.1) is 0 Å². The number of carbonyl (C=O) groups excluding carboxylic acids is 1. The summed E-state index contributed by atoms with van der Waals surface area (Å²) in [5, 5.41) is 11.9. The highest BCUT2D eigenvalue weighted by Gasteiger charge is 2.40. The first-order chi connectivity index (χ1) is 12.1. The average molecular weight is 339 g/mol. The minimum absolute atomic E-state index is 0.0261. The Morgan fingerprint density at radius 3 is 2.28 bits per heavy atom. The van der Waals surface area contributed by atoms with E-state index in [1.807, 2.05) is 42.5 Å². The molecule has 2 N–H and O–H groups in total. The second-order valence-electron chi connectivity index (χ2n) is 6.46. The molecule has 2 aromatic rings. The molecule has 5 nitrogen and oxygen atoms in total. The van der Waals surface area contributed by atoms with Gasteiger partial charge >= 0.3 is 5.97 Å². The van der Waals surface area contributed by atoms with Crippen LogP contribution < -0.4 is 10.1 Å². The molecule has 0 bridgehead atoms. The summed E-state index contributed by atoms with van der Waals surface area (Å²) in [6, 6.07) is 16.7. The van der Waals surface area contributed by atoms with Crippen LogP contribution in [0.15, 0.2) is 54.6 Å². The van der Waals surface area contributed by atoms with Crippen LogP contribution in [0.5, 0.6) is 5.75 Å². The van der Waals surface area contributed by atoms with Crippen molar-refractivity contribution in [3.05, 3.63) is 65.7 Å². The van der Waals surface area contributed by atoms with Crippen LogP contribution in [-0.4, -0.2) is 22.5 Å². The van der Waals surface area contributed by atoms with Crippen molar-refractivity contribution in [3.63, 3.8) is 0 Å². The number of aliphatic carboxylic acids is 1. The van der Waals surface area contributed by atoms with E-state index in [1.165, 1.54) is 0 Å². The molecule has 0 spiro atoms. The Kier molecular flexibility index (Phi) is 5.03. The Balaban J connectivity index is 1.58. The second kappa shape index (κ2) is 7.38. The van der Waals surface area contributed by atoms with Crippen LogP contribution in [0.3, 0.4) is 0 Å². The highest BCUT2D eigenvalue weighted by atomic mass is 16.5. The van der Waals surface area contributed by atoms with Crippen LogP contribution in [0.25, 0.3) is 0 Å². The molecule has 0 unspecified atom stereocenters. The molecule has 0 saturated heterocycles. The minimum atomic E-state index is -0.881. The number of ether oxygens (including phenoxy) is 1. The lowest BCUT2D eigenvalue weighted by Crippen LogP contribution is -2.54. The number of nitrogens with one attached hydrogen (secondary N) is 1. The molecule has 5 heteroatoms. The first-order valence-electron chi connectivity index (χ1n) is 8.37. The number of amides is 1. The zero-order valence-corrected chi connectivity index (χ0v) is 13.9. The summed E-state index contributed by atoms with van der Waals surface area (Å²) in [6.07, 6.45) is 2.35. The Hall–Kier alpha value is -2.82. The number of carbonyl (C=O) groups is 2. The minimum Gasteiger partial charge on any atom is -0.489 e. The Morgan fingerprint density at radius 2 is 1.72 bits per heavy atom. The molecule has 1 fully saturated rings. The number of para-hydroxylation sites is 1. The zero-order valence-electron chi connectivity index (χ0n) is 13.9. The number of hydrogen-bond acceptors (Lipinski definition) is 3. The van der Waals surface area contributed by atoms with Gasteiger partial charge in [-0.25, -0.2) is 0 Å². The maximum Gasteiger partial charge on any atom is 0.305 e. The fraction of sp³-hybridized carbons (Fsp3) is 0.300. The maximum absolute atomic E-state index is 12.4. The van der Waals surface area contributed by atoms with Gasteiger partial charge in [-0.3, -0.25) is 9.59 Å². The van der Waals surface area contributed by atoms with Gasteiger partial charge in [0.05, 0.1) is 12.0 Å². The summed E-state index contributed by atoms with van der Waals surface area (Å²) in [5.41, 5.74) is 0.905. The standard InChI is InChI=1S/C20H21NO4/c22-18(23)13-20(11-4-12-20)21-19(24)16-9-7-15(8-10-16)14-25-17-5-2-1-3-6-17/h1-3,5-10H,4,11-14H2,(H,21,24)(H,22,23). The van der Waals surface area contributed by atoms with Crippen LogP contribution in [0, 0.1) is 0 Å². The van der Waals surface area contributed by atoms with Crippen molar-refractivity contribution in [1.82, 2.24) is 5.32 Å². The van der Waals surface area contributed by atoms with Crippen molar-refractivity contribution < 1.29 is 19.4 Å². The number of carboxylic acid groups (broad SMARTS) is 1. The van der Waals surface area contributed by atoms with Crippen LogP contribution in [0.2, 0.25) is 0 Å². The van der Waals surface area contributed by atoms with E-state index in [-0.39, 0.29) is 12.3 Å². The third-order valence-corrected chi connectivity index (χ3v) is 4.54. The quantitative estimate of drug-likeness (QED) is 0.811. The lowest BCUT2D eigenvalue weighted by atomic mass is 9.74. The van der Waals surface area contributed by atoms with Crippen molar-refractivity contribution in [2.45, 2.75) is 37.8 Å². The SMILES string of the molecule is O=C(O)CC1(NC(=O)c2ccc(COc3ccccc3)cc2)CCC1. The average Bonchev–Trinajstić information content (AvgIpc) is 2.59. The molecular weight excluding hydrogens is 318 g/mol. The van der Waals surface area contributed by atoms with Crippen molar-refractivity contribution in [3.8, 4) is 5.75 Å². The van der Waals surface area contributed by atoms with Gasteiger partial charge in [0.15, 0.2) is 0 Å². The largest absolute Gasteiger partial charge is 0.489 e. The first-order valence-corrected chi connectivity index (χ1v) is 8.37. The summed E-state index contributed by atoms with van der Waals surface area (Å²) < 4.78 is 5.68. The van der Waals surface area contributed by atoms with Gasteiger partial charge in [-0.05, 0) is 49.1 Å². The van der Waals surface area contributed by atoms with Crippen molar-refractivity contribution >= 4 is 11.9 Å². The van der Waals surface area contributed by atoms with E-state index < -0.39 is 11.5 Å². The molecule has 130 valence electrons. The lowest BCUT2D eigenvalue weighted by molar-refractivity contribution is -0.139. The molecule has 25 heavy (non-hydrogen) atoms. The highest BCUT2D eigenvalue weighted by Crippen LogP contribution is 2.35. The topological polar surface area (TPSA) is 75.6 Å². The number of hydrogen-bond donors (Lipinski definition) is 2. The molecule has 2 aromatic carbocycles. The predicted octanol–water partition coefficient (Wildman–Crippen LogP) is 3.39. The molecule has 0 radical (unpaired) electrons. The molecule has 1 amide bonds. The Labute approximate surface area is 146 Å². The van der Waals surface area contributed by atoms with Gasteiger partial charge < -0.3 is 15.2 Å². The molecule has 1 saturated carbocycles. The number of benzene rings is 2. The van der Waals surface area contributed by atoms with E-state index in [1.54, 1.807) is 12.1 Å². The molecule has 1 aliphatic carbocycles. The smallest absolute Gasteiger partial charge is 0.305 e. The summed E-state index contributed by atoms with van der Waals surface area (Å²) in [7, 11) is 0. The molecule has 0 atom stereocenters. The van der Waals surface area contributed by atoms with Crippen molar-refractivity contribution in [1.29, 1.82) is 0 Å². The summed E-state index contributed by atoms with van der Waals surface area (Å²) >= 11 is 0. The van der Waals surface area contributed by atoms with Crippen LogP contribution in [0.1, 0.15) is 41.6 Å². The summed E-state index contributed by atoms with van der Waals surface area (Å²) in [6.45, 7) is 0.425. The lowest BCUT2D eigenvalue weighted by Gasteiger charge is -2.41. The molecular formula is C20H21NO4. The van der Waals surface area contributed by atoms with Gasteiger partial charge in [0.25, 0.3) is 5.91 Å². The third kappa shape index (κ3) is 4.38. The van der Waals surface area contributed by atoms with E-state index in [2.05, 4.69) is 5.32 Å². The predicted molar refractivity (Wildman–Crippen MR) is 93.5 cm³/mol. The molecule has 0 aromatic heterocycles. The highest BCUT2D eigenvalue weighted by molar-refractivity contribution is 5.95. The van der Waals surface area contributed by atoms with E-state index in [0.717, 1.165) is 17.7 Å². The summed E-state index contributed by atoms with van der Waals surface area (Å²) in [4.78, 5) is 23.4.